The van der Waals surface area contributed by atoms with Crippen molar-refractivity contribution >= 4 is 75.0 Å². The van der Waals surface area contributed by atoms with Crippen LogP contribution in [0.1, 0.15) is 50.2 Å². The van der Waals surface area contributed by atoms with E-state index in [-0.39, 0.29) is 22.2 Å². The maximum Gasteiger partial charge on any atom is 0.356 e. The van der Waals surface area contributed by atoms with Gasteiger partial charge in [0.05, 0.1) is 10.6 Å². The Bertz CT molecular complexity index is 2690. The van der Waals surface area contributed by atoms with E-state index < -0.39 is 40.9 Å². The highest BCUT2D eigenvalue weighted by molar-refractivity contribution is 8.05. The molecule has 320 valence electrons. The number of oxime groups is 1. The van der Waals surface area contributed by atoms with Crippen molar-refractivity contribution in [2.45, 2.75) is 35.8 Å². The van der Waals surface area contributed by atoms with Crippen molar-refractivity contribution in [1.29, 1.82) is 0 Å². The second-order valence-corrected chi connectivity index (χ2v) is 18.6. The Balaban J connectivity index is 1.04. The van der Waals surface area contributed by atoms with Crippen molar-refractivity contribution < 1.29 is 24.0 Å². The average molecular weight is 922 g/mol. The zero-order valence-electron chi connectivity index (χ0n) is 34.1. The fourth-order valence-corrected chi connectivity index (χ4v) is 11.5. The Hall–Kier alpha value is -6.59. The summed E-state index contributed by atoms with van der Waals surface area (Å²) in [6.45, 7) is 1.89. The second-order valence-electron chi connectivity index (χ2n) is 14.7. The van der Waals surface area contributed by atoms with Crippen molar-refractivity contribution in [2.75, 3.05) is 11.5 Å². The molecule has 1 saturated heterocycles. The molecule has 0 radical (unpaired) electrons. The lowest BCUT2D eigenvalue weighted by molar-refractivity contribution is -0.154. The van der Waals surface area contributed by atoms with Gasteiger partial charge in [-0.1, -0.05) is 161 Å². The topological polar surface area (TPSA) is 162 Å². The second kappa shape index (κ2) is 19.0. The Kier molecular flexibility index (Phi) is 12.7. The van der Waals surface area contributed by atoms with Gasteiger partial charge in [-0.05, 0) is 29.6 Å². The third-order valence-electron chi connectivity index (χ3n) is 10.8. The number of nitrogens with one attached hydrogen (secondary N) is 1. The van der Waals surface area contributed by atoms with Crippen molar-refractivity contribution in [3.05, 3.63) is 212 Å². The van der Waals surface area contributed by atoms with Crippen molar-refractivity contribution in [3.63, 3.8) is 0 Å². The van der Waals surface area contributed by atoms with Gasteiger partial charge >= 0.3 is 5.97 Å². The summed E-state index contributed by atoms with van der Waals surface area (Å²) in [5.41, 5.74) is 9.58. The summed E-state index contributed by atoms with van der Waals surface area (Å²) in [7, 11) is 0. The first-order valence-corrected chi connectivity index (χ1v) is 23.8. The van der Waals surface area contributed by atoms with Gasteiger partial charge in [-0.15, -0.1) is 40.0 Å². The SMILES string of the molecule is Cc1nnsc1CSC1=C(C(=O)OC(c2ccccc2)c2ccccc2)N2C(=O)[C@@H](NC(=O)/C(=N/OC(c3ccccc3)(c3ccccc3)c3ccccc3)c3csc(N)n3)[C@H]2SC1. The van der Waals surface area contributed by atoms with E-state index in [4.69, 9.17) is 15.3 Å². The fraction of sp³-hybridized carbons (Fsp3) is 0.146. The number of benzene rings is 5. The molecule has 4 heterocycles. The molecular weight excluding hydrogens is 883 g/mol. The summed E-state index contributed by atoms with van der Waals surface area (Å²) >= 11 is 5.32. The van der Waals surface area contributed by atoms with Gasteiger partial charge in [-0.25, -0.2) is 9.78 Å². The first kappa shape index (κ1) is 42.7. The molecule has 2 amide bonds. The first-order valence-electron chi connectivity index (χ1n) is 20.2. The number of nitrogens with zero attached hydrogens (tertiary/aromatic N) is 5. The number of esters is 1. The van der Waals surface area contributed by atoms with E-state index in [1.807, 2.05) is 159 Å². The number of carbonyl (C=O) groups is 3. The van der Waals surface area contributed by atoms with Crippen LogP contribution in [0, 0.1) is 6.92 Å². The van der Waals surface area contributed by atoms with Crippen molar-refractivity contribution in [1.82, 2.24) is 24.8 Å². The number of nitrogen functional groups attached to an aromatic ring is 1. The number of thiazole rings is 1. The van der Waals surface area contributed by atoms with Crippen LogP contribution in [0.25, 0.3) is 0 Å². The molecule has 0 aliphatic carbocycles. The molecule has 9 rings (SSSR count). The molecule has 12 nitrogen and oxygen atoms in total. The number of nitrogens with two attached hydrogens (primary N) is 1. The molecule has 0 unspecified atom stereocenters. The number of ether oxygens (including phenoxy) is 1. The normalized spacial score (nSPS) is 16.2. The summed E-state index contributed by atoms with van der Waals surface area (Å²) in [5, 5.41) is 12.9. The van der Waals surface area contributed by atoms with E-state index in [0.29, 0.717) is 16.4 Å². The number of aromatic nitrogens is 3. The lowest BCUT2D eigenvalue weighted by Gasteiger charge is -2.49. The molecule has 5 aromatic carbocycles. The Morgan fingerprint density at radius 2 is 1.41 bits per heavy atom. The van der Waals surface area contributed by atoms with Crippen LogP contribution in [-0.2, 0) is 35.3 Å². The monoisotopic (exact) mass is 921 g/mol. The molecule has 1 fully saturated rings. The van der Waals surface area contributed by atoms with Crippen LogP contribution in [0.2, 0.25) is 0 Å². The average Bonchev–Trinajstić information content (AvgIpc) is 3.98. The number of hydrogen-bond donors (Lipinski definition) is 2. The summed E-state index contributed by atoms with van der Waals surface area (Å²) in [6, 6.07) is 46.8. The van der Waals surface area contributed by atoms with Gasteiger partial charge < -0.3 is 20.6 Å². The van der Waals surface area contributed by atoms with Crippen molar-refractivity contribution in [3.8, 4) is 0 Å². The van der Waals surface area contributed by atoms with E-state index in [1.165, 1.54) is 40.0 Å². The molecule has 0 spiro atoms. The summed E-state index contributed by atoms with van der Waals surface area (Å²) in [4.78, 5) is 57.9. The quantitative estimate of drug-likeness (QED) is 0.0334. The predicted octanol–water partition coefficient (Wildman–Crippen LogP) is 8.48. The molecular formula is C48H39N7O5S4. The summed E-state index contributed by atoms with van der Waals surface area (Å²) < 4.78 is 10.4. The minimum absolute atomic E-state index is 0.138. The van der Waals surface area contributed by atoms with Gasteiger partial charge in [0.2, 0.25) is 5.60 Å². The lowest BCUT2D eigenvalue weighted by atomic mass is 9.80. The highest BCUT2D eigenvalue weighted by Crippen LogP contribution is 2.46. The minimum Gasteiger partial charge on any atom is -0.448 e. The van der Waals surface area contributed by atoms with Crippen LogP contribution in [0.5, 0.6) is 0 Å². The van der Waals surface area contributed by atoms with Crippen LogP contribution in [0.4, 0.5) is 5.13 Å². The lowest BCUT2D eigenvalue weighted by Crippen LogP contribution is -2.71. The number of anilines is 1. The molecule has 0 bridgehead atoms. The molecule has 16 heteroatoms. The number of aryl methyl sites for hydroxylation is 1. The zero-order valence-corrected chi connectivity index (χ0v) is 37.4. The number of β-lactam (4-membered cyclic amide) rings is 1. The van der Waals surface area contributed by atoms with Gasteiger partial charge in [-0.2, -0.15) is 0 Å². The molecule has 2 atom stereocenters. The van der Waals surface area contributed by atoms with Crippen molar-refractivity contribution in [2.24, 2.45) is 5.16 Å². The summed E-state index contributed by atoms with van der Waals surface area (Å²) in [5.74, 6) is -0.968. The third kappa shape index (κ3) is 8.56. The Morgan fingerprint density at radius 1 is 0.859 bits per heavy atom. The van der Waals surface area contributed by atoms with E-state index in [0.717, 1.165) is 49.7 Å². The van der Waals surface area contributed by atoms with Crippen LogP contribution in [0.15, 0.2) is 173 Å². The molecule has 3 N–H and O–H groups in total. The Morgan fingerprint density at radius 3 is 1.91 bits per heavy atom. The number of hydrogen-bond acceptors (Lipinski definition) is 14. The van der Waals surface area contributed by atoms with Crippen LogP contribution < -0.4 is 11.1 Å². The molecule has 7 aromatic rings. The van der Waals surface area contributed by atoms with Gasteiger partial charge in [0, 0.05) is 38.5 Å². The van der Waals surface area contributed by atoms with E-state index in [2.05, 4.69) is 25.0 Å². The van der Waals surface area contributed by atoms with Gasteiger partial charge in [0.1, 0.15) is 22.8 Å². The van der Waals surface area contributed by atoms with Gasteiger partial charge in [0.15, 0.2) is 16.9 Å². The van der Waals surface area contributed by atoms with Gasteiger partial charge in [-0.3, -0.25) is 14.5 Å². The molecule has 64 heavy (non-hydrogen) atoms. The van der Waals surface area contributed by atoms with Crippen LogP contribution >= 0.6 is 46.4 Å². The maximum absolute atomic E-state index is 14.6. The first-order chi connectivity index (χ1) is 31.3. The molecule has 2 aliphatic heterocycles. The number of fused-ring (bicyclic) bond motifs is 1. The maximum atomic E-state index is 14.6. The fourth-order valence-electron chi connectivity index (χ4n) is 7.58. The predicted molar refractivity (Wildman–Crippen MR) is 252 cm³/mol. The zero-order chi connectivity index (χ0) is 44.0. The number of amides is 2. The number of carbonyl (C=O) groups excluding carboxylic acids is 3. The van der Waals surface area contributed by atoms with Gasteiger partial charge in [0.25, 0.3) is 11.8 Å². The van der Waals surface area contributed by atoms with E-state index in [9.17, 15) is 14.4 Å². The smallest absolute Gasteiger partial charge is 0.356 e. The number of thioether (sulfide) groups is 2. The molecule has 2 aliphatic rings. The van der Waals surface area contributed by atoms with Crippen LogP contribution in [-0.4, -0.2) is 60.1 Å². The molecule has 0 saturated carbocycles. The van der Waals surface area contributed by atoms with E-state index in [1.54, 1.807) is 5.38 Å². The highest BCUT2D eigenvalue weighted by Gasteiger charge is 2.55. The number of rotatable bonds is 15. The minimum atomic E-state index is -1.31. The largest absolute Gasteiger partial charge is 0.448 e. The van der Waals surface area contributed by atoms with Crippen LogP contribution in [0.3, 0.4) is 0 Å². The highest BCUT2D eigenvalue weighted by atomic mass is 32.2. The standard InChI is InChI=1S/C48H39N7O5S4/c1-30-37(64-54-52-30)28-61-38-29-62-45-40(44(57)55(45)41(38)46(58)59-42(31-17-7-2-8-18-31)32-19-9-3-10-20-32)51-43(56)39(36-27-63-47(49)50-36)53-60-48(33-21-11-4-12-22-33,34-23-13-5-14-24-34)35-25-15-6-16-26-35/h2-27,40,42,45H,28-29H2,1H3,(H2,49,50)(H,51,56)/b53-39+/t40-,45-/m1/s1. The molecule has 2 aromatic heterocycles. The Labute approximate surface area is 385 Å². The van der Waals surface area contributed by atoms with E-state index >= 15 is 0 Å². The summed E-state index contributed by atoms with van der Waals surface area (Å²) in [6.07, 6.45) is -0.749. The third-order valence-corrected chi connectivity index (χ3v) is 15.0.